The number of hydrogen-bond donors (Lipinski definition) is 0. The summed E-state index contributed by atoms with van der Waals surface area (Å²) < 4.78 is 0. The Labute approximate surface area is 175 Å². The summed E-state index contributed by atoms with van der Waals surface area (Å²) in [5, 5.41) is 0. The van der Waals surface area contributed by atoms with Crippen LogP contribution in [0.3, 0.4) is 0 Å². The molecule has 0 spiro atoms. The van der Waals surface area contributed by atoms with E-state index in [-0.39, 0.29) is 7.92 Å². The van der Waals surface area contributed by atoms with E-state index in [1.165, 1.54) is 57.8 Å². The Morgan fingerprint density at radius 3 is 1.82 bits per heavy atom. The highest BCUT2D eigenvalue weighted by atomic mass is 31.1. The lowest BCUT2D eigenvalue weighted by atomic mass is 9.90. The van der Waals surface area contributed by atoms with Crippen molar-refractivity contribution in [3.63, 3.8) is 0 Å². The quantitative estimate of drug-likeness (QED) is 0.445. The molecule has 0 aromatic heterocycles. The van der Waals surface area contributed by atoms with Crippen LogP contribution in [0, 0.1) is 5.92 Å². The Bertz CT molecular complexity index is 555. The Morgan fingerprint density at radius 1 is 0.714 bits per heavy atom. The van der Waals surface area contributed by atoms with Crippen molar-refractivity contribution in [2.75, 3.05) is 14.1 Å². The fourth-order valence-corrected chi connectivity index (χ4v) is 11.7. The van der Waals surface area contributed by atoms with Gasteiger partial charge in [-0.15, -0.1) is 0 Å². The molecular formula is C26H42NP. The minimum Gasteiger partial charge on any atom is -0.302 e. The highest BCUT2D eigenvalue weighted by molar-refractivity contribution is 7.60. The van der Waals surface area contributed by atoms with E-state index < -0.39 is 0 Å². The van der Waals surface area contributed by atoms with Gasteiger partial charge in [0, 0.05) is 6.04 Å². The normalized spacial score (nSPS) is 28.9. The second kappa shape index (κ2) is 10.1. The fourth-order valence-electron chi connectivity index (χ4n) is 6.88. The van der Waals surface area contributed by atoms with E-state index in [2.05, 4.69) is 49.3 Å². The van der Waals surface area contributed by atoms with Crippen LogP contribution in [0.4, 0.5) is 0 Å². The third-order valence-corrected chi connectivity index (χ3v) is 12.1. The van der Waals surface area contributed by atoms with Crippen molar-refractivity contribution < 1.29 is 0 Å². The van der Waals surface area contributed by atoms with Gasteiger partial charge >= 0.3 is 0 Å². The van der Waals surface area contributed by atoms with Gasteiger partial charge in [-0.3, -0.25) is 0 Å². The Kier molecular flexibility index (Phi) is 7.51. The van der Waals surface area contributed by atoms with E-state index >= 15 is 0 Å². The van der Waals surface area contributed by atoms with Gasteiger partial charge < -0.3 is 4.90 Å². The molecular weight excluding hydrogens is 357 g/mol. The molecule has 3 atom stereocenters. The highest BCUT2D eigenvalue weighted by Gasteiger charge is 2.44. The van der Waals surface area contributed by atoms with Gasteiger partial charge in [-0.1, -0.05) is 83.2 Å². The number of rotatable bonds is 6. The molecule has 3 fully saturated rings. The molecule has 0 N–H and O–H groups in total. The monoisotopic (exact) mass is 399 g/mol. The number of hydrogen-bond acceptors (Lipinski definition) is 1. The summed E-state index contributed by atoms with van der Waals surface area (Å²) in [7, 11) is 4.85. The van der Waals surface area contributed by atoms with E-state index in [1.54, 1.807) is 31.2 Å². The minimum atomic E-state index is 0.188. The first kappa shape index (κ1) is 20.9. The van der Waals surface area contributed by atoms with Crippen LogP contribution >= 0.6 is 7.92 Å². The Morgan fingerprint density at radius 2 is 1.29 bits per heavy atom. The SMILES string of the molecule is CN(C)[C@H](c1ccccc1)C1CCCC1P(C1CCCCC1)C1CCCCC1. The van der Waals surface area contributed by atoms with Crippen LogP contribution in [-0.2, 0) is 0 Å². The van der Waals surface area contributed by atoms with Crippen LogP contribution in [0.15, 0.2) is 30.3 Å². The molecule has 0 saturated heterocycles. The zero-order valence-electron chi connectivity index (χ0n) is 18.4. The lowest BCUT2D eigenvalue weighted by Crippen LogP contribution is -2.35. The van der Waals surface area contributed by atoms with E-state index in [9.17, 15) is 0 Å². The summed E-state index contributed by atoms with van der Waals surface area (Å²) in [4.78, 5) is 2.55. The first-order valence-corrected chi connectivity index (χ1v) is 13.8. The van der Waals surface area contributed by atoms with Crippen molar-refractivity contribution >= 4 is 7.92 Å². The molecule has 4 rings (SSSR count). The average Bonchev–Trinajstić information content (AvgIpc) is 3.19. The largest absolute Gasteiger partial charge is 0.302 e. The summed E-state index contributed by atoms with van der Waals surface area (Å²) in [6, 6.07) is 12.1. The lowest BCUT2D eigenvalue weighted by molar-refractivity contribution is 0.215. The highest BCUT2D eigenvalue weighted by Crippen LogP contribution is 2.65. The van der Waals surface area contributed by atoms with Crippen LogP contribution in [0.1, 0.15) is 95.1 Å². The van der Waals surface area contributed by atoms with Crippen LogP contribution in [0.25, 0.3) is 0 Å². The molecule has 1 nitrogen and oxygen atoms in total. The molecule has 3 aliphatic rings. The van der Waals surface area contributed by atoms with Crippen molar-refractivity contribution in [3.05, 3.63) is 35.9 Å². The van der Waals surface area contributed by atoms with Crippen LogP contribution in [0.5, 0.6) is 0 Å². The van der Waals surface area contributed by atoms with Crippen molar-refractivity contribution in [2.24, 2.45) is 5.92 Å². The molecule has 3 aliphatic carbocycles. The maximum Gasteiger partial charge on any atom is 0.0376 e. The van der Waals surface area contributed by atoms with E-state index in [0.717, 1.165) is 22.9 Å². The summed E-state index contributed by atoms with van der Waals surface area (Å²) in [6.07, 6.45) is 19.8. The van der Waals surface area contributed by atoms with Crippen LogP contribution in [0.2, 0.25) is 0 Å². The van der Waals surface area contributed by atoms with Gasteiger partial charge in [-0.05, 0) is 81.1 Å². The zero-order valence-corrected chi connectivity index (χ0v) is 19.3. The molecule has 0 amide bonds. The zero-order chi connectivity index (χ0) is 19.3. The standard InChI is InChI=1S/C26H42NP/c1-27(2)26(21-13-6-3-7-14-21)24-19-12-20-25(24)28(22-15-8-4-9-16-22)23-17-10-5-11-18-23/h3,6-7,13-14,22-26H,4-5,8-12,15-20H2,1-2H3/t24?,25?,26-/m1/s1. The molecule has 28 heavy (non-hydrogen) atoms. The maximum absolute atomic E-state index is 2.55. The minimum absolute atomic E-state index is 0.188. The smallest absolute Gasteiger partial charge is 0.0376 e. The molecule has 0 heterocycles. The Hall–Kier alpha value is -0.390. The molecule has 1 aromatic rings. The summed E-state index contributed by atoms with van der Waals surface area (Å²) >= 11 is 0. The van der Waals surface area contributed by atoms with E-state index in [0.29, 0.717) is 6.04 Å². The third kappa shape index (κ3) is 4.67. The van der Waals surface area contributed by atoms with Crippen LogP contribution in [-0.4, -0.2) is 36.0 Å². The predicted octanol–water partition coefficient (Wildman–Crippen LogP) is 7.61. The summed E-state index contributed by atoms with van der Waals surface area (Å²) in [6.45, 7) is 0. The molecule has 3 saturated carbocycles. The maximum atomic E-state index is 2.55. The molecule has 2 unspecified atom stereocenters. The van der Waals surface area contributed by atoms with Gasteiger partial charge in [0.15, 0.2) is 0 Å². The topological polar surface area (TPSA) is 3.24 Å². The van der Waals surface area contributed by atoms with Crippen molar-refractivity contribution in [2.45, 2.75) is 106 Å². The third-order valence-electron chi connectivity index (χ3n) is 8.01. The number of benzene rings is 1. The van der Waals surface area contributed by atoms with Crippen molar-refractivity contribution in [1.29, 1.82) is 0 Å². The van der Waals surface area contributed by atoms with Gasteiger partial charge in [-0.25, -0.2) is 0 Å². The molecule has 156 valence electrons. The van der Waals surface area contributed by atoms with Gasteiger partial charge in [-0.2, -0.15) is 0 Å². The second-order valence-electron chi connectivity index (χ2n) is 10.0. The Balaban J connectivity index is 1.62. The summed E-state index contributed by atoms with van der Waals surface area (Å²) in [5.74, 6) is 0.882. The summed E-state index contributed by atoms with van der Waals surface area (Å²) in [5.41, 5.74) is 4.77. The second-order valence-corrected chi connectivity index (χ2v) is 13.0. The number of nitrogens with zero attached hydrogens (tertiary/aromatic N) is 1. The molecule has 2 heteroatoms. The van der Waals surface area contributed by atoms with Crippen molar-refractivity contribution in [1.82, 2.24) is 4.90 Å². The average molecular weight is 400 g/mol. The molecule has 0 aliphatic heterocycles. The van der Waals surface area contributed by atoms with Gasteiger partial charge in [0.05, 0.1) is 0 Å². The first-order valence-electron chi connectivity index (χ1n) is 12.2. The van der Waals surface area contributed by atoms with Crippen molar-refractivity contribution in [3.8, 4) is 0 Å². The molecule has 0 radical (unpaired) electrons. The predicted molar refractivity (Wildman–Crippen MR) is 125 cm³/mol. The van der Waals surface area contributed by atoms with Gasteiger partial charge in [0.25, 0.3) is 0 Å². The molecule has 0 bridgehead atoms. The van der Waals surface area contributed by atoms with E-state index in [1.807, 2.05) is 0 Å². The van der Waals surface area contributed by atoms with Gasteiger partial charge in [0.2, 0.25) is 0 Å². The van der Waals surface area contributed by atoms with E-state index in [4.69, 9.17) is 0 Å². The molecule has 1 aromatic carbocycles. The fraction of sp³-hybridized carbons (Fsp3) is 0.769. The van der Waals surface area contributed by atoms with Crippen LogP contribution < -0.4 is 0 Å². The van der Waals surface area contributed by atoms with Gasteiger partial charge in [0.1, 0.15) is 0 Å². The first-order chi connectivity index (χ1) is 13.8. The lowest BCUT2D eigenvalue weighted by Gasteiger charge is -2.46.